The summed E-state index contributed by atoms with van der Waals surface area (Å²) >= 11 is 10.7. The van der Waals surface area contributed by atoms with Gasteiger partial charge in [0.05, 0.1) is 11.1 Å². The molecule has 0 aliphatic carbocycles. The molecular weight excluding hydrogens is 239 g/mol. The fourth-order valence-electron chi connectivity index (χ4n) is 0.789. The van der Waals surface area contributed by atoms with Crippen LogP contribution in [-0.4, -0.2) is 16.1 Å². The summed E-state index contributed by atoms with van der Waals surface area (Å²) in [5.41, 5.74) is -1.14. The second-order valence-corrected chi connectivity index (χ2v) is 3.03. The van der Waals surface area contributed by atoms with Crippen molar-refractivity contribution in [2.24, 2.45) is 0 Å². The van der Waals surface area contributed by atoms with Crippen molar-refractivity contribution >= 4 is 29.2 Å². The van der Waals surface area contributed by atoms with Gasteiger partial charge in [-0.15, -0.1) is 0 Å². The lowest BCUT2D eigenvalue weighted by atomic mass is 10.2. The molecule has 0 aliphatic heterocycles. The molecule has 0 bridgehead atoms. The average Bonchev–Trinajstić information content (AvgIpc) is 2.02. The molecule has 0 atom stereocenters. The summed E-state index contributed by atoms with van der Waals surface area (Å²) in [6.45, 7) is 0. The van der Waals surface area contributed by atoms with E-state index in [4.69, 9.17) is 28.3 Å². The number of aromatic carboxylic acids is 1. The van der Waals surface area contributed by atoms with Gasteiger partial charge < -0.3 is 5.11 Å². The highest BCUT2D eigenvalue weighted by atomic mass is 35.5. The normalized spacial score (nSPS) is 10.6. The standard InChI is InChI=1S/C7H3Cl2F2NO2/c8-4-2(6(10)11)1-3(7(13)14)5(9)12-4/h1,6H,(H,13,14). The molecule has 0 saturated heterocycles. The van der Waals surface area contributed by atoms with Gasteiger partial charge in [-0.1, -0.05) is 23.2 Å². The quantitative estimate of drug-likeness (QED) is 0.810. The number of carbonyl (C=O) groups is 1. The van der Waals surface area contributed by atoms with Crippen LogP contribution in [0.15, 0.2) is 6.07 Å². The van der Waals surface area contributed by atoms with Crippen LogP contribution >= 0.6 is 23.2 Å². The maximum Gasteiger partial charge on any atom is 0.338 e. The Kier molecular flexibility index (Phi) is 3.23. The van der Waals surface area contributed by atoms with E-state index in [9.17, 15) is 13.6 Å². The summed E-state index contributed by atoms with van der Waals surface area (Å²) in [6.07, 6.45) is -2.88. The van der Waals surface area contributed by atoms with Crippen molar-refractivity contribution < 1.29 is 18.7 Å². The molecule has 0 aliphatic rings. The minimum atomic E-state index is -2.88. The fourth-order valence-corrected chi connectivity index (χ4v) is 1.27. The topological polar surface area (TPSA) is 50.2 Å². The molecule has 0 unspecified atom stereocenters. The van der Waals surface area contributed by atoms with Gasteiger partial charge in [0, 0.05) is 0 Å². The number of carboxylic acid groups (broad SMARTS) is 1. The highest BCUT2D eigenvalue weighted by Gasteiger charge is 2.19. The molecule has 0 fully saturated rings. The maximum absolute atomic E-state index is 12.2. The van der Waals surface area contributed by atoms with E-state index >= 15 is 0 Å². The third-order valence-corrected chi connectivity index (χ3v) is 2.01. The van der Waals surface area contributed by atoms with Gasteiger partial charge in [-0.3, -0.25) is 0 Å². The highest BCUT2D eigenvalue weighted by molar-refractivity contribution is 6.34. The largest absolute Gasteiger partial charge is 0.478 e. The Morgan fingerprint density at radius 1 is 1.43 bits per heavy atom. The van der Waals surface area contributed by atoms with Crippen LogP contribution in [0, 0.1) is 0 Å². The summed E-state index contributed by atoms with van der Waals surface area (Å²) in [6, 6.07) is 0.713. The van der Waals surface area contributed by atoms with Crippen LogP contribution in [0.1, 0.15) is 22.3 Å². The molecule has 7 heteroatoms. The Balaban J connectivity index is 3.34. The molecule has 0 radical (unpaired) electrons. The molecule has 1 aromatic rings. The van der Waals surface area contributed by atoms with Gasteiger partial charge in [0.15, 0.2) is 0 Å². The SMILES string of the molecule is O=C(O)c1cc(C(F)F)c(Cl)nc1Cl. The molecule has 0 amide bonds. The number of hydrogen-bond donors (Lipinski definition) is 1. The maximum atomic E-state index is 12.2. The van der Waals surface area contributed by atoms with Gasteiger partial charge >= 0.3 is 5.97 Å². The Labute approximate surface area is 87.3 Å². The molecule has 76 valence electrons. The smallest absolute Gasteiger partial charge is 0.338 e. The zero-order chi connectivity index (χ0) is 10.9. The van der Waals surface area contributed by atoms with Gasteiger partial charge in [0.2, 0.25) is 0 Å². The van der Waals surface area contributed by atoms with E-state index in [0.717, 1.165) is 0 Å². The zero-order valence-electron chi connectivity index (χ0n) is 6.47. The third kappa shape index (κ3) is 2.10. The van der Waals surface area contributed by atoms with Crippen LogP contribution in [0.5, 0.6) is 0 Å². The van der Waals surface area contributed by atoms with Crippen molar-refractivity contribution in [3.63, 3.8) is 0 Å². The van der Waals surface area contributed by atoms with E-state index < -0.39 is 33.8 Å². The molecule has 0 spiro atoms. The van der Waals surface area contributed by atoms with E-state index in [1.54, 1.807) is 0 Å². The first-order valence-corrected chi connectivity index (χ1v) is 4.06. The summed E-state index contributed by atoms with van der Waals surface area (Å²) in [7, 11) is 0. The van der Waals surface area contributed by atoms with Crippen molar-refractivity contribution in [3.05, 3.63) is 27.5 Å². The highest BCUT2D eigenvalue weighted by Crippen LogP contribution is 2.29. The van der Waals surface area contributed by atoms with Crippen LogP contribution in [0.25, 0.3) is 0 Å². The summed E-state index contributed by atoms with van der Waals surface area (Å²) in [4.78, 5) is 13.8. The molecule has 14 heavy (non-hydrogen) atoms. The summed E-state index contributed by atoms with van der Waals surface area (Å²) in [5, 5.41) is 7.65. The van der Waals surface area contributed by atoms with Crippen LogP contribution in [0.4, 0.5) is 8.78 Å². The molecule has 1 rings (SSSR count). The Bertz CT molecular complexity index is 384. The van der Waals surface area contributed by atoms with E-state index in [-0.39, 0.29) is 0 Å². The summed E-state index contributed by atoms with van der Waals surface area (Å²) < 4.78 is 24.5. The minimum absolute atomic E-state index is 0.410. The van der Waals surface area contributed by atoms with Crippen molar-refractivity contribution in [3.8, 4) is 0 Å². The van der Waals surface area contributed by atoms with Gasteiger partial charge in [0.25, 0.3) is 6.43 Å². The number of nitrogens with zero attached hydrogens (tertiary/aromatic N) is 1. The zero-order valence-corrected chi connectivity index (χ0v) is 7.98. The average molecular weight is 242 g/mol. The van der Waals surface area contributed by atoms with Gasteiger partial charge in [-0.05, 0) is 6.07 Å². The lowest BCUT2D eigenvalue weighted by Gasteiger charge is -2.04. The predicted octanol–water partition coefficient (Wildman–Crippen LogP) is 3.02. The van der Waals surface area contributed by atoms with Crippen LogP contribution in [-0.2, 0) is 0 Å². The lowest BCUT2D eigenvalue weighted by Crippen LogP contribution is -2.02. The molecule has 1 heterocycles. The van der Waals surface area contributed by atoms with Crippen LogP contribution in [0.3, 0.4) is 0 Å². The number of hydrogen-bond acceptors (Lipinski definition) is 2. The molecule has 0 aromatic carbocycles. The minimum Gasteiger partial charge on any atom is -0.478 e. The van der Waals surface area contributed by atoms with Crippen molar-refractivity contribution in [2.45, 2.75) is 6.43 Å². The second-order valence-electron chi connectivity index (χ2n) is 2.31. The van der Waals surface area contributed by atoms with E-state index in [0.29, 0.717) is 6.07 Å². The molecular formula is C7H3Cl2F2NO2. The van der Waals surface area contributed by atoms with Gasteiger partial charge in [0.1, 0.15) is 10.3 Å². The first-order valence-electron chi connectivity index (χ1n) is 3.31. The number of pyridine rings is 1. The van der Waals surface area contributed by atoms with Crippen molar-refractivity contribution in [1.29, 1.82) is 0 Å². The van der Waals surface area contributed by atoms with Crippen LogP contribution in [0.2, 0.25) is 10.3 Å². The van der Waals surface area contributed by atoms with Crippen molar-refractivity contribution in [2.75, 3.05) is 0 Å². The predicted molar refractivity (Wildman–Crippen MR) is 46.2 cm³/mol. The number of rotatable bonds is 2. The molecule has 1 aromatic heterocycles. The summed E-state index contributed by atoms with van der Waals surface area (Å²) in [5.74, 6) is -1.43. The lowest BCUT2D eigenvalue weighted by molar-refractivity contribution is 0.0696. The van der Waals surface area contributed by atoms with E-state index in [1.165, 1.54) is 0 Å². The van der Waals surface area contributed by atoms with Crippen LogP contribution < -0.4 is 0 Å². The molecule has 0 saturated carbocycles. The number of aromatic nitrogens is 1. The van der Waals surface area contributed by atoms with Crippen molar-refractivity contribution in [1.82, 2.24) is 4.98 Å². The van der Waals surface area contributed by atoms with E-state index in [2.05, 4.69) is 4.98 Å². The Hall–Kier alpha value is -0.940. The molecule has 3 nitrogen and oxygen atoms in total. The Morgan fingerprint density at radius 2 is 2.00 bits per heavy atom. The first-order chi connectivity index (χ1) is 6.43. The monoisotopic (exact) mass is 241 g/mol. The van der Waals surface area contributed by atoms with Gasteiger partial charge in [-0.2, -0.15) is 0 Å². The third-order valence-electron chi connectivity index (χ3n) is 1.42. The first kappa shape index (κ1) is 11.1. The molecule has 1 N–H and O–H groups in total. The van der Waals surface area contributed by atoms with E-state index in [1.807, 2.05) is 0 Å². The fraction of sp³-hybridized carbons (Fsp3) is 0.143. The Morgan fingerprint density at radius 3 is 2.43 bits per heavy atom. The second kappa shape index (κ2) is 4.06. The number of carboxylic acids is 1. The van der Waals surface area contributed by atoms with Gasteiger partial charge in [-0.25, -0.2) is 18.6 Å². The number of halogens is 4. The number of alkyl halides is 2.